The number of ketones is 2. The van der Waals surface area contributed by atoms with Crippen molar-refractivity contribution in [1.82, 2.24) is 4.90 Å². The van der Waals surface area contributed by atoms with Gasteiger partial charge in [0.2, 0.25) is 0 Å². The summed E-state index contributed by atoms with van der Waals surface area (Å²) in [6, 6.07) is 9.95. The number of benzene rings is 2. The molecular formula is C35H42BrNO6S. The van der Waals surface area contributed by atoms with E-state index in [1.165, 1.54) is 12.1 Å². The fourth-order valence-corrected chi connectivity index (χ4v) is 8.44. The summed E-state index contributed by atoms with van der Waals surface area (Å²) in [6.07, 6.45) is 3.11. The first-order valence-electron chi connectivity index (χ1n) is 15.3. The predicted octanol–water partition coefficient (Wildman–Crippen LogP) is 8.02. The Morgan fingerprint density at radius 1 is 0.886 bits per heavy atom. The van der Waals surface area contributed by atoms with Crippen LogP contribution in [0.2, 0.25) is 0 Å². The second-order valence-electron chi connectivity index (χ2n) is 13.8. The van der Waals surface area contributed by atoms with Gasteiger partial charge in [-0.15, -0.1) is 0 Å². The summed E-state index contributed by atoms with van der Waals surface area (Å²) in [6.45, 7) is 15.3. The van der Waals surface area contributed by atoms with Crippen molar-refractivity contribution in [3.63, 3.8) is 0 Å². The van der Waals surface area contributed by atoms with E-state index < -0.39 is 16.0 Å². The fourth-order valence-electron chi connectivity index (χ4n) is 6.84. The number of ether oxygens (including phenoxy) is 1. The number of carbonyl (C=O) groups excluding carboxylic acids is 2. The molecule has 0 aromatic heterocycles. The Bertz CT molecular complexity index is 1630. The van der Waals surface area contributed by atoms with Crippen LogP contribution in [0.1, 0.15) is 90.7 Å². The van der Waals surface area contributed by atoms with Crippen LogP contribution in [0, 0.1) is 17.8 Å². The Labute approximate surface area is 269 Å². The van der Waals surface area contributed by atoms with E-state index in [0.717, 1.165) is 42.8 Å². The second kappa shape index (κ2) is 11.8. The Hall–Kier alpha value is -2.91. The molecule has 44 heavy (non-hydrogen) atoms. The van der Waals surface area contributed by atoms with Gasteiger partial charge in [-0.05, 0) is 89.7 Å². The minimum Gasteiger partial charge on any atom is -0.490 e. The van der Waals surface area contributed by atoms with Crippen LogP contribution in [0.3, 0.4) is 0 Å². The summed E-state index contributed by atoms with van der Waals surface area (Å²) in [5, 5.41) is 0. The highest BCUT2D eigenvalue weighted by Crippen LogP contribution is 2.55. The van der Waals surface area contributed by atoms with Gasteiger partial charge in [0.1, 0.15) is 4.90 Å². The third-order valence-corrected chi connectivity index (χ3v) is 10.5. The standard InChI is InChI=1S/C35H42BrNO6S/c1-8-14-37-25-17-34(4,5)19-27(38)31(25)30(32-26(37)18-35(6,7)20-28(32)39)22-15-24(36)33(29(16-22)42-9-2)43-44(40,41)23-12-10-21(3)11-13-23/h10-13,15-16,30H,8-9,14,17-20H2,1-7H3. The predicted molar refractivity (Wildman–Crippen MR) is 174 cm³/mol. The van der Waals surface area contributed by atoms with Crippen molar-refractivity contribution in [2.45, 2.75) is 91.4 Å². The third kappa shape index (κ3) is 6.14. The van der Waals surface area contributed by atoms with Crippen molar-refractivity contribution < 1.29 is 26.9 Å². The van der Waals surface area contributed by atoms with Gasteiger partial charge in [-0.1, -0.05) is 52.3 Å². The van der Waals surface area contributed by atoms with Crippen LogP contribution in [0.4, 0.5) is 0 Å². The van der Waals surface area contributed by atoms with E-state index in [4.69, 9.17) is 8.92 Å². The smallest absolute Gasteiger partial charge is 0.339 e. The maximum Gasteiger partial charge on any atom is 0.339 e. The molecule has 1 heterocycles. The van der Waals surface area contributed by atoms with E-state index in [2.05, 4.69) is 55.4 Å². The maximum absolute atomic E-state index is 14.1. The van der Waals surface area contributed by atoms with Crippen molar-refractivity contribution in [1.29, 1.82) is 0 Å². The van der Waals surface area contributed by atoms with Gasteiger partial charge in [-0.25, -0.2) is 0 Å². The molecule has 0 fully saturated rings. The molecule has 0 radical (unpaired) electrons. The highest BCUT2D eigenvalue weighted by Gasteiger charge is 2.49. The topological polar surface area (TPSA) is 90.0 Å². The Balaban J connectivity index is 1.71. The number of carbonyl (C=O) groups is 2. The molecule has 2 aliphatic carbocycles. The van der Waals surface area contributed by atoms with Crippen LogP contribution >= 0.6 is 15.9 Å². The SMILES string of the molecule is CCCN1C2=C(C(=O)CC(C)(C)C2)C(c2cc(Br)c(OS(=O)(=O)c3ccc(C)cc3)c(OCC)c2)C2=C1CC(C)(C)CC2=O. The molecule has 0 saturated carbocycles. The number of Topliss-reactive ketones (excluding diaryl/α,β-unsaturated/α-hetero) is 2. The summed E-state index contributed by atoms with van der Waals surface area (Å²) < 4.78 is 38.6. The first kappa shape index (κ1) is 32.5. The summed E-state index contributed by atoms with van der Waals surface area (Å²) in [5.74, 6) is -0.250. The molecule has 0 N–H and O–H groups in total. The molecule has 2 aromatic carbocycles. The van der Waals surface area contributed by atoms with Crippen LogP contribution < -0.4 is 8.92 Å². The van der Waals surface area contributed by atoms with Gasteiger partial charge < -0.3 is 13.8 Å². The van der Waals surface area contributed by atoms with Gasteiger partial charge in [0, 0.05) is 47.8 Å². The van der Waals surface area contributed by atoms with Gasteiger partial charge in [0.15, 0.2) is 23.1 Å². The molecule has 1 aliphatic heterocycles. The largest absolute Gasteiger partial charge is 0.490 e. The van der Waals surface area contributed by atoms with Crippen LogP contribution in [-0.4, -0.2) is 38.0 Å². The number of allylic oxidation sites excluding steroid dienone is 4. The van der Waals surface area contributed by atoms with E-state index in [1.807, 2.05) is 13.8 Å². The molecule has 5 rings (SSSR count). The van der Waals surface area contributed by atoms with E-state index in [9.17, 15) is 18.0 Å². The molecule has 0 atom stereocenters. The lowest BCUT2D eigenvalue weighted by Gasteiger charge is -2.49. The van der Waals surface area contributed by atoms with E-state index >= 15 is 0 Å². The Morgan fingerprint density at radius 3 is 1.93 bits per heavy atom. The van der Waals surface area contributed by atoms with Crippen molar-refractivity contribution in [3.05, 3.63) is 74.5 Å². The first-order chi connectivity index (χ1) is 20.6. The van der Waals surface area contributed by atoms with Crippen molar-refractivity contribution >= 4 is 37.6 Å². The Kier molecular flexibility index (Phi) is 8.70. The van der Waals surface area contributed by atoms with E-state index in [0.29, 0.717) is 34.0 Å². The molecule has 7 nitrogen and oxygen atoms in total. The zero-order valence-electron chi connectivity index (χ0n) is 26.7. The molecule has 9 heteroatoms. The van der Waals surface area contributed by atoms with Gasteiger partial charge in [-0.3, -0.25) is 9.59 Å². The number of hydrogen-bond acceptors (Lipinski definition) is 7. The zero-order chi connectivity index (χ0) is 32.2. The highest BCUT2D eigenvalue weighted by atomic mass is 79.9. The van der Waals surface area contributed by atoms with Crippen LogP contribution in [0.5, 0.6) is 11.5 Å². The number of aryl methyl sites for hydroxylation is 1. The van der Waals surface area contributed by atoms with Crippen LogP contribution in [0.25, 0.3) is 0 Å². The monoisotopic (exact) mass is 683 g/mol. The Morgan fingerprint density at radius 2 is 1.43 bits per heavy atom. The van der Waals surface area contributed by atoms with Crippen LogP contribution in [0.15, 0.2) is 68.3 Å². The van der Waals surface area contributed by atoms with Gasteiger partial charge in [0.25, 0.3) is 0 Å². The lowest BCUT2D eigenvalue weighted by atomic mass is 9.63. The number of nitrogens with zero attached hydrogens (tertiary/aromatic N) is 1. The first-order valence-corrected chi connectivity index (χ1v) is 17.5. The maximum atomic E-state index is 14.1. The minimum absolute atomic E-state index is 0.0233. The average Bonchev–Trinajstić information content (AvgIpc) is 2.90. The van der Waals surface area contributed by atoms with Crippen molar-refractivity contribution in [2.24, 2.45) is 10.8 Å². The fraction of sp³-hybridized carbons (Fsp3) is 0.486. The molecule has 236 valence electrons. The third-order valence-electron chi connectivity index (χ3n) is 8.64. The normalized spacial score (nSPS) is 20.0. The molecule has 3 aliphatic rings. The molecule has 2 aromatic rings. The summed E-state index contributed by atoms with van der Waals surface area (Å²) in [7, 11) is -4.17. The van der Waals surface area contributed by atoms with Gasteiger partial charge in [0.05, 0.1) is 11.1 Å². The summed E-state index contributed by atoms with van der Waals surface area (Å²) >= 11 is 3.57. The van der Waals surface area contributed by atoms with Gasteiger partial charge >= 0.3 is 10.1 Å². The molecule has 0 spiro atoms. The van der Waals surface area contributed by atoms with E-state index in [1.54, 1.807) is 24.3 Å². The van der Waals surface area contributed by atoms with E-state index in [-0.39, 0.29) is 45.4 Å². The van der Waals surface area contributed by atoms with Crippen molar-refractivity contribution in [3.8, 4) is 11.5 Å². The number of rotatable bonds is 8. The molecule has 0 saturated heterocycles. The van der Waals surface area contributed by atoms with Gasteiger partial charge in [-0.2, -0.15) is 8.42 Å². The molecule has 0 amide bonds. The number of halogens is 1. The number of hydrogen-bond donors (Lipinski definition) is 0. The van der Waals surface area contributed by atoms with Crippen molar-refractivity contribution in [2.75, 3.05) is 13.2 Å². The molecule has 0 unspecified atom stereocenters. The zero-order valence-corrected chi connectivity index (χ0v) is 29.1. The average molecular weight is 685 g/mol. The van der Waals surface area contributed by atoms with Crippen LogP contribution in [-0.2, 0) is 19.7 Å². The second-order valence-corrected chi connectivity index (χ2v) is 16.2. The molecular weight excluding hydrogens is 642 g/mol. The lowest BCUT2D eigenvalue weighted by molar-refractivity contribution is -0.119. The summed E-state index contributed by atoms with van der Waals surface area (Å²) in [5.41, 5.74) is 4.53. The summed E-state index contributed by atoms with van der Waals surface area (Å²) in [4.78, 5) is 30.4. The highest BCUT2D eigenvalue weighted by molar-refractivity contribution is 9.10. The minimum atomic E-state index is -4.17. The molecule has 0 bridgehead atoms. The quantitative estimate of drug-likeness (QED) is 0.260. The lowest BCUT2D eigenvalue weighted by Crippen LogP contribution is -2.44.